The third-order valence-corrected chi connectivity index (χ3v) is 3.52. The molecule has 12 heavy (non-hydrogen) atoms. The van der Waals surface area contributed by atoms with Crippen molar-refractivity contribution in [1.29, 1.82) is 0 Å². The molecule has 1 fully saturated rings. The van der Waals surface area contributed by atoms with Crippen LogP contribution in [0.1, 0.15) is 53.4 Å². The normalized spacial score (nSPS) is 21.5. The fourth-order valence-corrected chi connectivity index (χ4v) is 2.68. The Bertz CT molecular complexity index is 130. The Hall–Kier alpha value is -0.0400. The van der Waals surface area contributed by atoms with Gasteiger partial charge in [-0.15, -0.1) is 0 Å². The first-order valence-corrected chi connectivity index (χ1v) is 5.43. The molecule has 1 aliphatic rings. The average Bonchev–Trinajstić information content (AvgIpc) is 1.95. The summed E-state index contributed by atoms with van der Waals surface area (Å²) in [5.41, 5.74) is 0.586. The van der Waals surface area contributed by atoms with Gasteiger partial charge in [-0.25, -0.2) is 0 Å². The van der Waals surface area contributed by atoms with Crippen LogP contribution in [0.2, 0.25) is 0 Å². The van der Waals surface area contributed by atoms with Crippen molar-refractivity contribution in [2.24, 2.45) is 0 Å². The molecule has 0 heterocycles. The zero-order chi connectivity index (χ0) is 9.19. The summed E-state index contributed by atoms with van der Waals surface area (Å²) in [6.07, 6.45) is 5.63. The summed E-state index contributed by atoms with van der Waals surface area (Å²) in [6.45, 7) is 10.5. The Morgan fingerprint density at radius 1 is 1.25 bits per heavy atom. The summed E-state index contributed by atoms with van der Waals surface area (Å²) in [7, 11) is 0. The Balaban J connectivity index is 2.61. The van der Waals surface area contributed by atoms with E-state index in [2.05, 4.69) is 32.6 Å². The number of hydrogen-bond acceptors (Lipinski definition) is 1. The van der Waals surface area contributed by atoms with Crippen LogP contribution >= 0.6 is 0 Å². The lowest BCUT2D eigenvalue weighted by molar-refractivity contribution is -0.00673. The maximum Gasteiger partial charge on any atom is 0.0209 e. The van der Waals surface area contributed by atoms with Crippen LogP contribution < -0.4 is 0 Å². The van der Waals surface area contributed by atoms with E-state index < -0.39 is 0 Å². The van der Waals surface area contributed by atoms with E-state index in [1.54, 1.807) is 0 Å². The molecule has 0 radical (unpaired) electrons. The van der Waals surface area contributed by atoms with Crippen molar-refractivity contribution in [3.63, 3.8) is 0 Å². The van der Waals surface area contributed by atoms with Gasteiger partial charge in [0.05, 0.1) is 0 Å². The highest BCUT2D eigenvalue weighted by molar-refractivity contribution is 4.97. The zero-order valence-corrected chi connectivity index (χ0v) is 9.06. The quantitative estimate of drug-likeness (QED) is 0.625. The monoisotopic (exact) mass is 169 g/mol. The van der Waals surface area contributed by atoms with Crippen molar-refractivity contribution in [2.45, 2.75) is 65.0 Å². The van der Waals surface area contributed by atoms with Crippen molar-refractivity contribution in [2.75, 3.05) is 6.54 Å². The van der Waals surface area contributed by atoms with Gasteiger partial charge in [-0.05, 0) is 46.1 Å². The molecule has 0 N–H and O–H groups in total. The van der Waals surface area contributed by atoms with Gasteiger partial charge < -0.3 is 0 Å². The van der Waals surface area contributed by atoms with Crippen molar-refractivity contribution in [3.8, 4) is 0 Å². The first kappa shape index (κ1) is 10.0. The first-order chi connectivity index (χ1) is 5.66. The lowest BCUT2D eigenvalue weighted by Crippen LogP contribution is -2.55. The van der Waals surface area contributed by atoms with Gasteiger partial charge >= 0.3 is 0 Å². The van der Waals surface area contributed by atoms with E-state index in [-0.39, 0.29) is 0 Å². The van der Waals surface area contributed by atoms with Gasteiger partial charge in [0.15, 0.2) is 0 Å². The van der Waals surface area contributed by atoms with E-state index in [1.807, 2.05) is 0 Å². The number of hydrogen-bond donors (Lipinski definition) is 0. The predicted molar refractivity (Wildman–Crippen MR) is 54.4 cm³/mol. The Morgan fingerprint density at radius 2 is 1.83 bits per heavy atom. The molecule has 0 aromatic heterocycles. The molecule has 0 aromatic rings. The van der Waals surface area contributed by atoms with Gasteiger partial charge in [0.1, 0.15) is 0 Å². The van der Waals surface area contributed by atoms with Gasteiger partial charge in [-0.3, -0.25) is 4.90 Å². The molecular formula is C11H23N. The van der Waals surface area contributed by atoms with Crippen LogP contribution in [0.3, 0.4) is 0 Å². The van der Waals surface area contributed by atoms with Gasteiger partial charge in [-0.2, -0.15) is 0 Å². The topological polar surface area (TPSA) is 3.24 Å². The van der Waals surface area contributed by atoms with E-state index in [0.717, 1.165) is 6.04 Å². The van der Waals surface area contributed by atoms with E-state index in [0.29, 0.717) is 5.54 Å². The molecule has 1 aliphatic carbocycles. The van der Waals surface area contributed by atoms with Crippen LogP contribution in [0.15, 0.2) is 0 Å². The average molecular weight is 169 g/mol. The standard InChI is InChI=1S/C11H23N/c1-5-11(8-7-9-11)12(6-2)10(3)4/h10H,5-9H2,1-4H3. The number of rotatable bonds is 4. The van der Waals surface area contributed by atoms with Crippen LogP contribution in [0, 0.1) is 0 Å². The second-order valence-corrected chi connectivity index (χ2v) is 4.31. The van der Waals surface area contributed by atoms with Gasteiger partial charge in [0, 0.05) is 11.6 Å². The Kier molecular flexibility index (Phi) is 3.16. The van der Waals surface area contributed by atoms with E-state index in [4.69, 9.17) is 0 Å². The highest BCUT2D eigenvalue weighted by Gasteiger charge is 2.40. The molecule has 72 valence electrons. The largest absolute Gasteiger partial charge is 0.296 e. The fraction of sp³-hybridized carbons (Fsp3) is 1.00. The van der Waals surface area contributed by atoms with Crippen molar-refractivity contribution < 1.29 is 0 Å². The Morgan fingerprint density at radius 3 is 1.92 bits per heavy atom. The second-order valence-electron chi connectivity index (χ2n) is 4.31. The summed E-state index contributed by atoms with van der Waals surface area (Å²) in [5.74, 6) is 0. The first-order valence-electron chi connectivity index (χ1n) is 5.43. The zero-order valence-electron chi connectivity index (χ0n) is 9.06. The molecule has 0 aromatic carbocycles. The van der Waals surface area contributed by atoms with Gasteiger partial charge in [0.2, 0.25) is 0 Å². The minimum Gasteiger partial charge on any atom is -0.296 e. The molecule has 0 atom stereocenters. The summed E-state index contributed by atoms with van der Waals surface area (Å²) >= 11 is 0. The van der Waals surface area contributed by atoms with Crippen molar-refractivity contribution in [1.82, 2.24) is 4.90 Å². The third-order valence-electron chi connectivity index (χ3n) is 3.52. The fourth-order valence-electron chi connectivity index (χ4n) is 2.68. The lowest BCUT2D eigenvalue weighted by atomic mass is 9.73. The number of nitrogens with zero attached hydrogens (tertiary/aromatic N) is 1. The lowest BCUT2D eigenvalue weighted by Gasteiger charge is -2.52. The summed E-state index contributed by atoms with van der Waals surface area (Å²) in [4.78, 5) is 2.68. The maximum absolute atomic E-state index is 2.68. The molecular weight excluding hydrogens is 146 g/mol. The second kappa shape index (κ2) is 3.78. The molecule has 1 heteroatoms. The molecule has 0 bridgehead atoms. The third kappa shape index (κ3) is 1.52. The van der Waals surface area contributed by atoms with Crippen LogP contribution in [0.5, 0.6) is 0 Å². The van der Waals surface area contributed by atoms with Crippen LogP contribution in [-0.4, -0.2) is 23.0 Å². The predicted octanol–water partition coefficient (Wildman–Crippen LogP) is 3.05. The molecule has 0 amide bonds. The molecule has 1 rings (SSSR count). The van der Waals surface area contributed by atoms with Crippen LogP contribution in [-0.2, 0) is 0 Å². The summed E-state index contributed by atoms with van der Waals surface area (Å²) in [6, 6.07) is 0.718. The highest BCUT2D eigenvalue weighted by atomic mass is 15.2. The van der Waals surface area contributed by atoms with E-state index in [9.17, 15) is 0 Å². The molecule has 1 nitrogen and oxygen atoms in total. The minimum atomic E-state index is 0.586. The summed E-state index contributed by atoms with van der Waals surface area (Å²) < 4.78 is 0. The molecule has 0 aliphatic heterocycles. The van der Waals surface area contributed by atoms with Crippen LogP contribution in [0.4, 0.5) is 0 Å². The van der Waals surface area contributed by atoms with Crippen LogP contribution in [0.25, 0.3) is 0 Å². The molecule has 0 unspecified atom stereocenters. The van der Waals surface area contributed by atoms with E-state index in [1.165, 1.54) is 32.2 Å². The molecule has 0 spiro atoms. The SMILES string of the molecule is CCN(C(C)C)C1(CC)CCC1. The Labute approximate surface area is 77.1 Å². The van der Waals surface area contributed by atoms with E-state index >= 15 is 0 Å². The maximum atomic E-state index is 2.68. The van der Waals surface area contributed by atoms with Gasteiger partial charge in [0.25, 0.3) is 0 Å². The van der Waals surface area contributed by atoms with Crippen molar-refractivity contribution in [3.05, 3.63) is 0 Å². The van der Waals surface area contributed by atoms with Crippen molar-refractivity contribution >= 4 is 0 Å². The molecule has 0 saturated heterocycles. The summed E-state index contributed by atoms with van der Waals surface area (Å²) in [5, 5.41) is 0. The minimum absolute atomic E-state index is 0.586. The molecule has 1 saturated carbocycles. The van der Waals surface area contributed by atoms with Gasteiger partial charge in [-0.1, -0.05) is 13.8 Å². The smallest absolute Gasteiger partial charge is 0.0209 e. The highest BCUT2D eigenvalue weighted by Crippen LogP contribution is 2.41.